The Morgan fingerprint density at radius 2 is 2.00 bits per heavy atom. The lowest BCUT2D eigenvalue weighted by atomic mass is 10.2. The van der Waals surface area contributed by atoms with Crippen molar-refractivity contribution in [3.05, 3.63) is 28.8 Å². The number of halogens is 4. The third kappa shape index (κ3) is 6.11. The highest BCUT2D eigenvalue weighted by Crippen LogP contribution is 2.23. The first-order chi connectivity index (χ1) is 8.79. The summed E-state index contributed by atoms with van der Waals surface area (Å²) < 4.78 is 35.8. The lowest BCUT2D eigenvalue weighted by Gasteiger charge is -2.09. The number of nitrogens with one attached hydrogen (secondary N) is 1. The van der Waals surface area contributed by atoms with Gasteiger partial charge in [0, 0.05) is 24.2 Å². The molecule has 0 spiro atoms. The van der Waals surface area contributed by atoms with E-state index in [0.29, 0.717) is 23.6 Å². The molecule has 0 aromatic heterocycles. The van der Waals surface area contributed by atoms with Crippen LogP contribution in [-0.4, -0.2) is 17.7 Å². The predicted octanol–water partition coefficient (Wildman–Crippen LogP) is 4.12. The quantitative estimate of drug-likeness (QED) is 0.613. The number of alkyl halides is 3. The van der Waals surface area contributed by atoms with E-state index in [1.807, 2.05) is 0 Å². The van der Waals surface area contributed by atoms with Crippen molar-refractivity contribution in [2.24, 2.45) is 5.73 Å². The Balaban J connectivity index is 2.38. The zero-order chi connectivity index (χ0) is 14.5. The molecule has 1 rings (SSSR count). The van der Waals surface area contributed by atoms with Crippen molar-refractivity contribution in [3.8, 4) is 0 Å². The number of anilines is 1. The lowest BCUT2D eigenvalue weighted by molar-refractivity contribution is -0.135. The van der Waals surface area contributed by atoms with Crippen LogP contribution in [0.4, 0.5) is 18.9 Å². The number of unbranched alkanes of at least 4 members (excludes halogenated alkanes) is 1. The van der Waals surface area contributed by atoms with E-state index >= 15 is 0 Å². The molecule has 1 aromatic carbocycles. The number of hydrogen-bond acceptors (Lipinski definition) is 2. The molecule has 0 saturated heterocycles. The van der Waals surface area contributed by atoms with Crippen molar-refractivity contribution >= 4 is 34.5 Å². The van der Waals surface area contributed by atoms with Gasteiger partial charge in [-0.05, 0) is 31.0 Å². The largest absolute Gasteiger partial charge is 0.389 e. The van der Waals surface area contributed by atoms with Gasteiger partial charge < -0.3 is 11.1 Å². The fraction of sp³-hybridized carbons (Fsp3) is 0.417. The molecule has 106 valence electrons. The molecule has 0 saturated carbocycles. The van der Waals surface area contributed by atoms with Gasteiger partial charge in [-0.15, -0.1) is 0 Å². The molecule has 0 heterocycles. The van der Waals surface area contributed by atoms with E-state index in [1.165, 1.54) is 0 Å². The van der Waals surface area contributed by atoms with Gasteiger partial charge in [0.05, 0.1) is 5.02 Å². The maximum Gasteiger partial charge on any atom is 0.389 e. The summed E-state index contributed by atoms with van der Waals surface area (Å²) >= 11 is 10.8. The first-order valence-corrected chi connectivity index (χ1v) is 6.48. The number of rotatable bonds is 6. The van der Waals surface area contributed by atoms with E-state index in [2.05, 4.69) is 5.32 Å². The maximum absolute atomic E-state index is 11.9. The molecule has 3 N–H and O–H groups in total. The molecule has 0 aliphatic heterocycles. The van der Waals surface area contributed by atoms with Crippen molar-refractivity contribution in [1.82, 2.24) is 0 Å². The van der Waals surface area contributed by atoms with Gasteiger partial charge in [-0.2, -0.15) is 13.2 Å². The molecular formula is C12H14ClF3N2S. The minimum atomic E-state index is -4.08. The average molecular weight is 311 g/mol. The minimum absolute atomic E-state index is 0.106. The van der Waals surface area contributed by atoms with Crippen LogP contribution in [0.3, 0.4) is 0 Å². The molecule has 0 aliphatic carbocycles. The molecule has 2 nitrogen and oxygen atoms in total. The molecular weight excluding hydrogens is 297 g/mol. The summed E-state index contributed by atoms with van der Waals surface area (Å²) in [5.74, 6) is 0. The topological polar surface area (TPSA) is 38.0 Å². The van der Waals surface area contributed by atoms with Gasteiger partial charge in [-0.1, -0.05) is 23.8 Å². The van der Waals surface area contributed by atoms with Crippen LogP contribution < -0.4 is 11.1 Å². The van der Waals surface area contributed by atoms with Crippen molar-refractivity contribution in [3.63, 3.8) is 0 Å². The Kier molecular flexibility index (Phi) is 5.87. The van der Waals surface area contributed by atoms with Gasteiger partial charge in [-0.3, -0.25) is 0 Å². The normalized spacial score (nSPS) is 11.4. The monoisotopic (exact) mass is 310 g/mol. The van der Waals surface area contributed by atoms with E-state index in [-0.39, 0.29) is 11.4 Å². The molecule has 0 bridgehead atoms. The molecule has 1 aromatic rings. The van der Waals surface area contributed by atoms with Crippen LogP contribution in [0.25, 0.3) is 0 Å². The number of hydrogen-bond donors (Lipinski definition) is 2. The van der Waals surface area contributed by atoms with Gasteiger partial charge in [0.2, 0.25) is 0 Å². The molecule has 0 amide bonds. The summed E-state index contributed by atoms with van der Waals surface area (Å²) in [6.45, 7) is 0.457. The number of nitrogens with two attached hydrogens (primary N) is 1. The average Bonchev–Trinajstić information content (AvgIpc) is 2.26. The molecule has 0 atom stereocenters. The van der Waals surface area contributed by atoms with Gasteiger partial charge in [-0.25, -0.2) is 0 Å². The standard InChI is InChI=1S/C12H14ClF3N2S/c13-10-7-8(3-4-9(10)11(17)19)18-6-2-1-5-12(14,15)16/h3-4,7,18H,1-2,5-6H2,(H2,17,19). The van der Waals surface area contributed by atoms with Crippen LogP contribution in [0.1, 0.15) is 24.8 Å². The summed E-state index contributed by atoms with van der Waals surface area (Å²) in [5.41, 5.74) is 6.78. The third-order valence-corrected chi connectivity index (χ3v) is 2.98. The van der Waals surface area contributed by atoms with E-state index < -0.39 is 12.6 Å². The fourth-order valence-corrected chi connectivity index (χ4v) is 2.02. The Bertz CT molecular complexity index is 449. The maximum atomic E-state index is 11.9. The summed E-state index contributed by atoms with van der Waals surface area (Å²) in [5, 5.41) is 3.43. The molecule has 0 radical (unpaired) electrons. The van der Waals surface area contributed by atoms with Crippen molar-refractivity contribution in [2.45, 2.75) is 25.4 Å². The van der Waals surface area contributed by atoms with Crippen LogP contribution in [0.5, 0.6) is 0 Å². The summed E-state index contributed by atoms with van der Waals surface area (Å²) in [7, 11) is 0. The highest BCUT2D eigenvalue weighted by molar-refractivity contribution is 7.80. The first kappa shape index (κ1) is 16.0. The van der Waals surface area contributed by atoms with E-state index in [9.17, 15) is 13.2 Å². The number of thiocarbonyl (C=S) groups is 1. The fourth-order valence-electron chi connectivity index (χ4n) is 1.51. The second-order valence-electron chi connectivity index (χ2n) is 4.06. The molecule has 0 fully saturated rings. The minimum Gasteiger partial charge on any atom is -0.389 e. The van der Waals surface area contributed by atoms with Gasteiger partial charge >= 0.3 is 6.18 Å². The SMILES string of the molecule is NC(=S)c1ccc(NCCCCC(F)(F)F)cc1Cl. The summed E-state index contributed by atoms with van der Waals surface area (Å²) in [4.78, 5) is 0.210. The van der Waals surface area contributed by atoms with Gasteiger partial charge in [0.15, 0.2) is 0 Å². The van der Waals surface area contributed by atoms with Crippen molar-refractivity contribution in [2.75, 3.05) is 11.9 Å². The smallest absolute Gasteiger partial charge is 0.389 e. The highest BCUT2D eigenvalue weighted by atomic mass is 35.5. The van der Waals surface area contributed by atoms with Crippen LogP contribution in [0, 0.1) is 0 Å². The number of benzene rings is 1. The van der Waals surface area contributed by atoms with Crippen molar-refractivity contribution < 1.29 is 13.2 Å². The highest BCUT2D eigenvalue weighted by Gasteiger charge is 2.25. The Morgan fingerprint density at radius 3 is 2.53 bits per heavy atom. The molecule has 7 heteroatoms. The van der Waals surface area contributed by atoms with Crippen LogP contribution in [0.2, 0.25) is 5.02 Å². The molecule has 0 unspecified atom stereocenters. The predicted molar refractivity (Wildman–Crippen MR) is 75.7 cm³/mol. The second kappa shape index (κ2) is 6.96. The summed E-state index contributed by atoms with van der Waals surface area (Å²) in [6, 6.07) is 5.08. The Labute approximate surface area is 120 Å². The Morgan fingerprint density at radius 1 is 1.32 bits per heavy atom. The van der Waals surface area contributed by atoms with Crippen LogP contribution >= 0.6 is 23.8 Å². The lowest BCUT2D eigenvalue weighted by Crippen LogP contribution is -2.11. The molecule has 0 aliphatic rings. The van der Waals surface area contributed by atoms with Crippen molar-refractivity contribution in [1.29, 1.82) is 0 Å². The van der Waals surface area contributed by atoms with E-state index in [0.717, 1.165) is 5.69 Å². The van der Waals surface area contributed by atoms with Crippen LogP contribution in [0.15, 0.2) is 18.2 Å². The summed E-state index contributed by atoms with van der Waals surface area (Å²) in [6.07, 6.45) is -4.29. The molecule has 19 heavy (non-hydrogen) atoms. The van der Waals surface area contributed by atoms with E-state index in [1.54, 1.807) is 18.2 Å². The van der Waals surface area contributed by atoms with Gasteiger partial charge in [0.1, 0.15) is 4.99 Å². The van der Waals surface area contributed by atoms with Crippen LogP contribution in [-0.2, 0) is 0 Å². The first-order valence-electron chi connectivity index (χ1n) is 5.69. The zero-order valence-corrected chi connectivity index (χ0v) is 11.6. The van der Waals surface area contributed by atoms with Gasteiger partial charge in [0.25, 0.3) is 0 Å². The third-order valence-electron chi connectivity index (χ3n) is 2.45. The van der Waals surface area contributed by atoms with E-state index in [4.69, 9.17) is 29.6 Å². The zero-order valence-electron chi connectivity index (χ0n) is 10.1. The second-order valence-corrected chi connectivity index (χ2v) is 4.90. The Hall–Kier alpha value is -1.01.